The second-order valence-corrected chi connectivity index (χ2v) is 6.32. The summed E-state index contributed by atoms with van der Waals surface area (Å²) in [5, 5.41) is 0. The van der Waals surface area contributed by atoms with Crippen molar-refractivity contribution >= 4 is 15.8 Å². The van der Waals surface area contributed by atoms with Crippen molar-refractivity contribution < 1.29 is 17.9 Å². The summed E-state index contributed by atoms with van der Waals surface area (Å²) in [5.74, 6) is 0.0258. The van der Waals surface area contributed by atoms with E-state index in [2.05, 4.69) is 4.74 Å². The van der Waals surface area contributed by atoms with Crippen LogP contribution in [0.3, 0.4) is 0 Å². The number of sulfone groups is 1. The molecule has 0 amide bonds. The first-order valence-corrected chi connectivity index (χ1v) is 7.13. The Morgan fingerprint density at radius 1 is 1.33 bits per heavy atom. The van der Waals surface area contributed by atoms with Crippen LogP contribution in [0, 0.1) is 5.92 Å². The van der Waals surface area contributed by atoms with Crippen molar-refractivity contribution in [2.45, 2.75) is 32.1 Å². The summed E-state index contributed by atoms with van der Waals surface area (Å²) in [5.41, 5.74) is 0. The minimum Gasteiger partial charge on any atom is -0.469 e. The van der Waals surface area contributed by atoms with Crippen LogP contribution in [0.4, 0.5) is 0 Å². The van der Waals surface area contributed by atoms with Crippen molar-refractivity contribution in [1.82, 2.24) is 0 Å². The van der Waals surface area contributed by atoms with Crippen molar-refractivity contribution in [3.8, 4) is 0 Å². The summed E-state index contributed by atoms with van der Waals surface area (Å²) in [6, 6.07) is 0. The molecule has 0 heterocycles. The highest BCUT2D eigenvalue weighted by molar-refractivity contribution is 7.91. The van der Waals surface area contributed by atoms with Gasteiger partial charge in [-0.25, -0.2) is 8.42 Å². The number of hydrogen-bond donors (Lipinski definition) is 0. The minimum absolute atomic E-state index is 0.0223. The second-order valence-electron chi connectivity index (χ2n) is 4.09. The van der Waals surface area contributed by atoms with Crippen molar-refractivity contribution in [3.05, 3.63) is 0 Å². The summed E-state index contributed by atoms with van der Waals surface area (Å²) in [6.45, 7) is 0. The van der Waals surface area contributed by atoms with Gasteiger partial charge in [0.05, 0.1) is 25.0 Å². The Kier molecular flexibility index (Phi) is 4.57. The fourth-order valence-electron chi connectivity index (χ4n) is 1.96. The molecule has 0 saturated heterocycles. The molecule has 5 heteroatoms. The van der Waals surface area contributed by atoms with Crippen LogP contribution in [0.25, 0.3) is 0 Å². The molecule has 1 aliphatic carbocycles. The van der Waals surface area contributed by atoms with Crippen molar-refractivity contribution in [1.29, 1.82) is 0 Å². The number of rotatable bonds is 5. The van der Waals surface area contributed by atoms with Gasteiger partial charge in [-0.1, -0.05) is 12.8 Å². The van der Waals surface area contributed by atoms with E-state index in [1.807, 2.05) is 0 Å². The Balaban J connectivity index is 2.34. The molecule has 0 bridgehead atoms. The monoisotopic (exact) mass is 234 g/mol. The molecule has 0 aromatic carbocycles. The first kappa shape index (κ1) is 12.5. The molecule has 15 heavy (non-hydrogen) atoms. The predicted molar refractivity (Wildman–Crippen MR) is 57.2 cm³/mol. The van der Waals surface area contributed by atoms with Gasteiger partial charge < -0.3 is 4.74 Å². The maximum absolute atomic E-state index is 11.6. The maximum atomic E-state index is 11.6. The summed E-state index contributed by atoms with van der Waals surface area (Å²) in [6.07, 6.45) is 4.27. The van der Waals surface area contributed by atoms with Crippen LogP contribution in [0.15, 0.2) is 0 Å². The highest BCUT2D eigenvalue weighted by Gasteiger charge is 2.23. The average Bonchev–Trinajstić information content (AvgIpc) is 2.66. The van der Waals surface area contributed by atoms with Gasteiger partial charge in [0, 0.05) is 0 Å². The lowest BCUT2D eigenvalue weighted by Crippen LogP contribution is -2.19. The quantitative estimate of drug-likeness (QED) is 0.670. The van der Waals surface area contributed by atoms with Gasteiger partial charge >= 0.3 is 5.97 Å². The molecule has 88 valence electrons. The standard InChI is InChI=1S/C10H18O4S/c1-14-10(11)6-7-15(12,13)8-9-4-2-3-5-9/h9H,2-8H2,1H3. The molecule has 1 rings (SSSR count). The molecule has 0 atom stereocenters. The summed E-state index contributed by atoms with van der Waals surface area (Å²) >= 11 is 0. The first-order valence-electron chi connectivity index (χ1n) is 5.31. The Morgan fingerprint density at radius 2 is 1.93 bits per heavy atom. The molecule has 0 aromatic heterocycles. The van der Waals surface area contributed by atoms with Gasteiger partial charge in [-0.3, -0.25) is 4.79 Å². The van der Waals surface area contributed by atoms with Crippen LogP contribution in [0.2, 0.25) is 0 Å². The summed E-state index contributed by atoms with van der Waals surface area (Å²) in [7, 11) is -1.80. The third-order valence-electron chi connectivity index (χ3n) is 2.81. The number of esters is 1. The Labute approximate surface area is 90.9 Å². The third-order valence-corrected chi connectivity index (χ3v) is 4.61. The van der Waals surface area contributed by atoms with Crippen LogP contribution < -0.4 is 0 Å². The van der Waals surface area contributed by atoms with Gasteiger partial charge in [-0.2, -0.15) is 0 Å². The fourth-order valence-corrected chi connectivity index (χ4v) is 3.66. The zero-order valence-corrected chi connectivity index (χ0v) is 9.88. The smallest absolute Gasteiger partial charge is 0.306 e. The van der Waals surface area contributed by atoms with E-state index in [0.29, 0.717) is 5.92 Å². The van der Waals surface area contributed by atoms with Crippen LogP contribution in [0.1, 0.15) is 32.1 Å². The Bertz CT molecular complexity index is 301. The van der Waals surface area contributed by atoms with E-state index in [-0.39, 0.29) is 17.9 Å². The third kappa shape index (κ3) is 4.64. The fraction of sp³-hybridized carbons (Fsp3) is 0.900. The van der Waals surface area contributed by atoms with Crippen LogP contribution in [0.5, 0.6) is 0 Å². The van der Waals surface area contributed by atoms with Crippen LogP contribution in [-0.4, -0.2) is 33.0 Å². The van der Waals surface area contributed by atoms with Crippen LogP contribution >= 0.6 is 0 Å². The maximum Gasteiger partial charge on any atom is 0.306 e. The molecule has 0 N–H and O–H groups in total. The van der Waals surface area contributed by atoms with Gasteiger partial charge in [-0.15, -0.1) is 0 Å². The number of hydrogen-bond acceptors (Lipinski definition) is 4. The highest BCUT2D eigenvalue weighted by atomic mass is 32.2. The van der Waals surface area contributed by atoms with E-state index in [0.717, 1.165) is 25.7 Å². The lowest BCUT2D eigenvalue weighted by molar-refractivity contribution is -0.140. The van der Waals surface area contributed by atoms with Gasteiger partial charge in [0.2, 0.25) is 0 Å². The molecule has 0 spiro atoms. The average molecular weight is 234 g/mol. The highest BCUT2D eigenvalue weighted by Crippen LogP contribution is 2.26. The Morgan fingerprint density at radius 3 is 2.47 bits per heavy atom. The van der Waals surface area contributed by atoms with Gasteiger partial charge in [0.1, 0.15) is 0 Å². The van der Waals surface area contributed by atoms with Crippen molar-refractivity contribution in [2.24, 2.45) is 5.92 Å². The van der Waals surface area contributed by atoms with E-state index >= 15 is 0 Å². The van der Waals surface area contributed by atoms with E-state index in [1.165, 1.54) is 7.11 Å². The molecule has 0 unspecified atom stereocenters. The molecular formula is C10H18O4S. The first-order chi connectivity index (χ1) is 7.03. The molecule has 4 nitrogen and oxygen atoms in total. The van der Waals surface area contributed by atoms with Crippen molar-refractivity contribution in [3.63, 3.8) is 0 Å². The molecule has 1 fully saturated rings. The molecule has 0 radical (unpaired) electrons. The van der Waals surface area contributed by atoms with E-state index in [9.17, 15) is 13.2 Å². The van der Waals surface area contributed by atoms with Gasteiger partial charge in [0.15, 0.2) is 9.84 Å². The number of methoxy groups -OCH3 is 1. The number of carbonyl (C=O) groups is 1. The predicted octanol–water partition coefficient (Wildman–Crippen LogP) is 1.15. The molecule has 1 saturated carbocycles. The lowest BCUT2D eigenvalue weighted by atomic mass is 10.1. The minimum atomic E-state index is -3.07. The molecule has 0 aromatic rings. The Hall–Kier alpha value is -0.580. The summed E-state index contributed by atoms with van der Waals surface area (Å²) < 4.78 is 27.6. The number of ether oxygens (including phenoxy) is 1. The van der Waals surface area contributed by atoms with Gasteiger partial charge in [0.25, 0.3) is 0 Å². The second kappa shape index (κ2) is 5.49. The zero-order chi connectivity index (χ0) is 11.3. The normalized spacial score (nSPS) is 17.9. The SMILES string of the molecule is COC(=O)CCS(=O)(=O)CC1CCCC1. The van der Waals surface area contributed by atoms with Crippen molar-refractivity contribution in [2.75, 3.05) is 18.6 Å². The summed E-state index contributed by atoms with van der Waals surface area (Å²) in [4.78, 5) is 10.8. The van der Waals surface area contributed by atoms with E-state index < -0.39 is 15.8 Å². The van der Waals surface area contributed by atoms with Crippen LogP contribution in [-0.2, 0) is 19.4 Å². The van der Waals surface area contributed by atoms with Gasteiger partial charge in [-0.05, 0) is 18.8 Å². The molecule has 0 aliphatic heterocycles. The lowest BCUT2D eigenvalue weighted by Gasteiger charge is -2.09. The topological polar surface area (TPSA) is 60.4 Å². The van der Waals surface area contributed by atoms with E-state index in [4.69, 9.17) is 0 Å². The molecule has 1 aliphatic rings. The largest absolute Gasteiger partial charge is 0.469 e. The zero-order valence-electron chi connectivity index (χ0n) is 9.07. The van der Waals surface area contributed by atoms with E-state index in [1.54, 1.807) is 0 Å². The number of carbonyl (C=O) groups excluding carboxylic acids is 1. The molecular weight excluding hydrogens is 216 g/mol.